The van der Waals surface area contributed by atoms with Crippen LogP contribution in [-0.4, -0.2) is 9.97 Å². The highest BCUT2D eigenvalue weighted by Gasteiger charge is 2.20. The van der Waals surface area contributed by atoms with E-state index in [1.54, 1.807) is 0 Å². The summed E-state index contributed by atoms with van der Waals surface area (Å²) >= 11 is 3.73. The van der Waals surface area contributed by atoms with Crippen LogP contribution in [0.2, 0.25) is 0 Å². The Balaban J connectivity index is 1.36. The molecule has 0 radical (unpaired) electrons. The van der Waals surface area contributed by atoms with Crippen LogP contribution in [0, 0.1) is 0 Å². The van der Waals surface area contributed by atoms with Gasteiger partial charge >= 0.3 is 0 Å². The van der Waals surface area contributed by atoms with E-state index in [0.29, 0.717) is 0 Å². The monoisotopic (exact) mass is 400 g/mol. The molecule has 4 aromatic rings. The van der Waals surface area contributed by atoms with Gasteiger partial charge in [-0.25, -0.2) is 0 Å². The van der Waals surface area contributed by atoms with Crippen molar-refractivity contribution >= 4 is 22.7 Å². The summed E-state index contributed by atoms with van der Waals surface area (Å²) in [6, 6.07) is 13.4. The van der Waals surface area contributed by atoms with Crippen molar-refractivity contribution in [3.8, 4) is 30.9 Å². The highest BCUT2D eigenvalue weighted by molar-refractivity contribution is 7.25. The van der Waals surface area contributed by atoms with Crippen LogP contribution >= 0.6 is 22.7 Å². The Kier molecular flexibility index (Phi) is 3.95. The van der Waals surface area contributed by atoms with Gasteiger partial charge < -0.3 is 0 Å². The normalized spacial score (nSPS) is 15.0. The first-order valence-electron chi connectivity index (χ1n) is 10.0. The lowest BCUT2D eigenvalue weighted by atomic mass is 10.1. The Morgan fingerprint density at radius 2 is 1.00 bits per heavy atom. The van der Waals surface area contributed by atoms with E-state index in [4.69, 9.17) is 9.97 Å². The van der Waals surface area contributed by atoms with E-state index in [9.17, 15) is 0 Å². The number of nitrogens with zero attached hydrogens (tertiary/aromatic N) is 2. The van der Waals surface area contributed by atoms with Crippen LogP contribution in [0.5, 0.6) is 0 Å². The van der Waals surface area contributed by atoms with Gasteiger partial charge in [0.25, 0.3) is 0 Å². The van der Waals surface area contributed by atoms with Crippen LogP contribution in [0.4, 0.5) is 0 Å². The average molecular weight is 401 g/mol. The molecular weight excluding hydrogens is 380 g/mol. The molecule has 4 aromatic heterocycles. The van der Waals surface area contributed by atoms with Gasteiger partial charge in [0.2, 0.25) is 0 Å². The zero-order chi connectivity index (χ0) is 18.5. The second kappa shape index (κ2) is 6.64. The lowest BCUT2D eigenvalue weighted by molar-refractivity contribution is 0.912. The number of fused-ring (bicyclic) bond motifs is 2. The standard InChI is InChI=1S/C24H20N2S2/c1-3-15-11-13-25-23(17(15)5-1)21-9-7-19(27-21)20-8-10-22(28-20)24-18-6-2-4-16(18)12-14-26-24/h7-14H,1-6H2. The maximum Gasteiger partial charge on any atom is 0.0836 e. The number of rotatable bonds is 3. The Morgan fingerprint density at radius 3 is 1.50 bits per heavy atom. The van der Waals surface area contributed by atoms with E-state index in [-0.39, 0.29) is 0 Å². The number of hydrogen-bond acceptors (Lipinski definition) is 4. The van der Waals surface area contributed by atoms with Crippen LogP contribution in [0.15, 0.2) is 48.8 Å². The van der Waals surface area contributed by atoms with E-state index in [1.807, 2.05) is 35.1 Å². The van der Waals surface area contributed by atoms with Crippen molar-refractivity contribution in [2.24, 2.45) is 0 Å². The lowest BCUT2D eigenvalue weighted by Crippen LogP contribution is -1.90. The molecule has 4 heterocycles. The first-order valence-corrected chi connectivity index (χ1v) is 11.6. The fourth-order valence-electron chi connectivity index (χ4n) is 4.62. The quantitative estimate of drug-likeness (QED) is 0.388. The minimum absolute atomic E-state index is 1.17. The predicted octanol–water partition coefficient (Wildman–Crippen LogP) is 6.58. The second-order valence-corrected chi connectivity index (χ2v) is 9.80. The van der Waals surface area contributed by atoms with Crippen molar-refractivity contribution in [1.29, 1.82) is 0 Å². The molecule has 4 heteroatoms. The molecule has 0 fully saturated rings. The lowest BCUT2D eigenvalue weighted by Gasteiger charge is -2.05. The number of aromatic nitrogens is 2. The first-order chi connectivity index (χ1) is 13.9. The van der Waals surface area contributed by atoms with E-state index >= 15 is 0 Å². The summed E-state index contributed by atoms with van der Waals surface area (Å²) in [6.45, 7) is 0. The third-order valence-electron chi connectivity index (χ3n) is 5.97. The molecule has 0 aromatic carbocycles. The zero-order valence-corrected chi connectivity index (χ0v) is 17.2. The highest BCUT2D eigenvalue weighted by Crippen LogP contribution is 2.42. The molecule has 2 nitrogen and oxygen atoms in total. The molecule has 0 aliphatic heterocycles. The smallest absolute Gasteiger partial charge is 0.0836 e. The largest absolute Gasteiger partial charge is 0.255 e. The molecule has 0 bridgehead atoms. The van der Waals surface area contributed by atoms with Crippen LogP contribution in [-0.2, 0) is 25.7 Å². The molecule has 138 valence electrons. The summed E-state index contributed by atoms with van der Waals surface area (Å²) in [5.74, 6) is 0. The van der Waals surface area contributed by atoms with Gasteiger partial charge in [0.1, 0.15) is 0 Å². The summed E-state index contributed by atoms with van der Waals surface area (Å²) in [5, 5.41) is 0. The summed E-state index contributed by atoms with van der Waals surface area (Å²) in [4.78, 5) is 14.7. The molecule has 0 saturated carbocycles. The number of hydrogen-bond donors (Lipinski definition) is 0. The molecule has 0 N–H and O–H groups in total. The van der Waals surface area contributed by atoms with Gasteiger partial charge in [0.05, 0.1) is 21.1 Å². The van der Waals surface area contributed by atoms with Gasteiger partial charge in [-0.15, -0.1) is 22.7 Å². The van der Waals surface area contributed by atoms with E-state index in [0.717, 1.165) is 0 Å². The number of pyridine rings is 2. The molecule has 0 atom stereocenters. The van der Waals surface area contributed by atoms with Gasteiger partial charge in [0, 0.05) is 22.1 Å². The second-order valence-electron chi connectivity index (χ2n) is 7.63. The van der Waals surface area contributed by atoms with E-state index in [1.165, 1.54) is 91.7 Å². The first kappa shape index (κ1) is 16.6. The minimum Gasteiger partial charge on any atom is -0.255 e. The molecule has 2 aliphatic carbocycles. The summed E-state index contributed by atoms with van der Waals surface area (Å²) < 4.78 is 0. The Labute approximate surface area is 173 Å². The van der Waals surface area contributed by atoms with Crippen LogP contribution in [0.25, 0.3) is 30.9 Å². The van der Waals surface area contributed by atoms with Gasteiger partial charge in [0.15, 0.2) is 0 Å². The van der Waals surface area contributed by atoms with Crippen LogP contribution in [0.3, 0.4) is 0 Å². The maximum absolute atomic E-state index is 4.72. The maximum atomic E-state index is 4.72. The SMILES string of the molecule is c1cc2c(c(-c3ccc(-c4ccc(-c5nccc6c5CCC6)s4)s3)n1)CCC2. The molecule has 0 amide bonds. The Bertz CT molecular complexity index is 1090. The Hall–Kier alpha value is -2.30. The number of thiophene rings is 2. The van der Waals surface area contributed by atoms with Gasteiger partial charge in [-0.05, 0) is 97.2 Å². The molecule has 6 rings (SSSR count). The van der Waals surface area contributed by atoms with Crippen molar-refractivity contribution in [1.82, 2.24) is 9.97 Å². The van der Waals surface area contributed by atoms with Crippen molar-refractivity contribution in [3.63, 3.8) is 0 Å². The molecule has 0 unspecified atom stereocenters. The predicted molar refractivity (Wildman–Crippen MR) is 118 cm³/mol. The molecule has 0 saturated heterocycles. The van der Waals surface area contributed by atoms with Gasteiger partial charge in [-0.3, -0.25) is 9.97 Å². The molecule has 28 heavy (non-hydrogen) atoms. The molecular formula is C24H20N2S2. The van der Waals surface area contributed by atoms with E-state index in [2.05, 4.69) is 36.4 Å². The fraction of sp³-hybridized carbons (Fsp3) is 0.250. The molecule has 0 spiro atoms. The van der Waals surface area contributed by atoms with E-state index < -0.39 is 0 Å². The fourth-order valence-corrected chi connectivity index (χ4v) is 6.77. The minimum atomic E-state index is 1.17. The van der Waals surface area contributed by atoms with Crippen molar-refractivity contribution < 1.29 is 0 Å². The van der Waals surface area contributed by atoms with Crippen molar-refractivity contribution in [3.05, 3.63) is 71.0 Å². The highest BCUT2D eigenvalue weighted by atomic mass is 32.1. The van der Waals surface area contributed by atoms with Gasteiger partial charge in [-0.2, -0.15) is 0 Å². The topological polar surface area (TPSA) is 25.8 Å². The van der Waals surface area contributed by atoms with Crippen molar-refractivity contribution in [2.45, 2.75) is 38.5 Å². The average Bonchev–Trinajstić information content (AvgIpc) is 3.53. The molecule has 2 aliphatic rings. The summed E-state index contributed by atoms with van der Waals surface area (Å²) in [7, 11) is 0. The van der Waals surface area contributed by atoms with Crippen molar-refractivity contribution in [2.75, 3.05) is 0 Å². The Morgan fingerprint density at radius 1 is 0.536 bits per heavy atom. The summed E-state index contributed by atoms with van der Waals surface area (Å²) in [5.41, 5.74) is 8.31. The summed E-state index contributed by atoms with van der Waals surface area (Å²) in [6.07, 6.45) is 11.2. The van der Waals surface area contributed by atoms with Crippen LogP contribution < -0.4 is 0 Å². The van der Waals surface area contributed by atoms with Gasteiger partial charge in [-0.1, -0.05) is 0 Å². The third kappa shape index (κ3) is 2.66. The third-order valence-corrected chi connectivity index (χ3v) is 8.35. The number of aryl methyl sites for hydroxylation is 2. The van der Waals surface area contributed by atoms with Crippen LogP contribution in [0.1, 0.15) is 35.1 Å². The zero-order valence-electron chi connectivity index (χ0n) is 15.6.